The predicted molar refractivity (Wildman–Crippen MR) is 62.4 cm³/mol. The molecule has 0 bridgehead atoms. The number of aldehydes is 1. The lowest BCUT2D eigenvalue weighted by Gasteiger charge is -2.03. The summed E-state index contributed by atoms with van der Waals surface area (Å²) in [5.41, 5.74) is 0. The molecule has 0 aromatic carbocycles. The molecular weight excluding hydrogens is 172 g/mol. The van der Waals surface area contributed by atoms with Crippen molar-refractivity contribution in [3.8, 4) is 0 Å². The Labute approximate surface area is 88.6 Å². The van der Waals surface area contributed by atoms with Gasteiger partial charge in [0.25, 0.3) is 0 Å². The first kappa shape index (κ1) is 13.4. The lowest BCUT2D eigenvalue weighted by atomic mass is 10.0. The quantitative estimate of drug-likeness (QED) is 0.308. The molecule has 82 valence electrons. The maximum Gasteiger partial charge on any atom is 0.123 e. The fourth-order valence-corrected chi connectivity index (χ4v) is 1.51. The summed E-state index contributed by atoms with van der Waals surface area (Å²) in [6.07, 6.45) is 13.6. The Morgan fingerprint density at radius 2 is 1.86 bits per heavy atom. The van der Waals surface area contributed by atoms with E-state index in [-0.39, 0.29) is 5.92 Å². The Morgan fingerprint density at radius 3 is 2.43 bits per heavy atom. The minimum absolute atomic E-state index is 0.252. The van der Waals surface area contributed by atoms with Crippen molar-refractivity contribution in [2.75, 3.05) is 0 Å². The summed E-state index contributed by atoms with van der Waals surface area (Å²) in [5.74, 6) is 0.252. The van der Waals surface area contributed by atoms with Gasteiger partial charge in [0.05, 0.1) is 0 Å². The van der Waals surface area contributed by atoms with Crippen LogP contribution < -0.4 is 0 Å². The number of hydrogen-bond acceptors (Lipinski definition) is 1. The van der Waals surface area contributed by atoms with Crippen LogP contribution in [0.1, 0.15) is 58.8 Å². The van der Waals surface area contributed by atoms with Crippen molar-refractivity contribution < 1.29 is 4.79 Å². The molecule has 0 heterocycles. The van der Waals surface area contributed by atoms with Crippen LogP contribution in [0.2, 0.25) is 0 Å². The summed E-state index contributed by atoms with van der Waals surface area (Å²) in [4.78, 5) is 10.6. The first-order chi connectivity index (χ1) is 6.85. The van der Waals surface area contributed by atoms with Crippen LogP contribution in [0.25, 0.3) is 0 Å². The van der Waals surface area contributed by atoms with E-state index in [2.05, 4.69) is 26.0 Å². The Balaban J connectivity index is 3.42. The van der Waals surface area contributed by atoms with Crippen LogP contribution in [0.5, 0.6) is 0 Å². The Morgan fingerprint density at radius 1 is 1.07 bits per heavy atom. The van der Waals surface area contributed by atoms with E-state index in [1.165, 1.54) is 25.7 Å². The lowest BCUT2D eigenvalue weighted by molar-refractivity contribution is -0.111. The second-order valence-electron chi connectivity index (χ2n) is 3.89. The van der Waals surface area contributed by atoms with Crippen LogP contribution >= 0.6 is 0 Å². The molecule has 0 aliphatic carbocycles. The molecule has 0 amide bonds. The van der Waals surface area contributed by atoms with Gasteiger partial charge in [-0.3, -0.25) is 0 Å². The van der Waals surface area contributed by atoms with E-state index in [0.29, 0.717) is 0 Å². The van der Waals surface area contributed by atoms with E-state index in [9.17, 15) is 4.79 Å². The van der Waals surface area contributed by atoms with Crippen molar-refractivity contribution in [1.29, 1.82) is 0 Å². The molecular formula is C13H24O. The molecule has 0 aromatic heterocycles. The van der Waals surface area contributed by atoms with Gasteiger partial charge in [0.1, 0.15) is 6.29 Å². The van der Waals surface area contributed by atoms with Gasteiger partial charge < -0.3 is 4.79 Å². The van der Waals surface area contributed by atoms with E-state index in [1.54, 1.807) is 0 Å². The van der Waals surface area contributed by atoms with Crippen LogP contribution in [0.3, 0.4) is 0 Å². The number of rotatable bonds is 9. The number of unbranched alkanes of at least 4 members (excludes halogenated alkanes) is 3. The third kappa shape index (κ3) is 8.03. The van der Waals surface area contributed by atoms with Crippen LogP contribution in [0, 0.1) is 5.92 Å². The molecule has 0 saturated carbocycles. The smallest absolute Gasteiger partial charge is 0.123 e. The number of allylic oxidation sites excluding steroid dienone is 2. The second-order valence-corrected chi connectivity index (χ2v) is 3.89. The summed E-state index contributed by atoms with van der Waals surface area (Å²) in [6, 6.07) is 0. The molecule has 0 aliphatic rings. The first-order valence-corrected chi connectivity index (χ1v) is 5.95. The van der Waals surface area contributed by atoms with Crippen LogP contribution in [-0.2, 0) is 4.79 Å². The summed E-state index contributed by atoms with van der Waals surface area (Å²) >= 11 is 0. The molecule has 0 rings (SSSR count). The second kappa shape index (κ2) is 10.5. The monoisotopic (exact) mass is 196 g/mol. The van der Waals surface area contributed by atoms with Gasteiger partial charge in [-0.1, -0.05) is 45.3 Å². The predicted octanol–water partition coefficient (Wildman–Crippen LogP) is 4.13. The highest BCUT2D eigenvalue weighted by Crippen LogP contribution is 2.09. The number of hydrogen-bond donors (Lipinski definition) is 0. The average molecular weight is 196 g/mol. The summed E-state index contributed by atoms with van der Waals surface area (Å²) in [5, 5.41) is 0. The zero-order valence-corrected chi connectivity index (χ0v) is 9.67. The normalized spacial score (nSPS) is 13.3. The molecule has 1 nitrogen and oxygen atoms in total. The van der Waals surface area contributed by atoms with E-state index < -0.39 is 0 Å². The van der Waals surface area contributed by atoms with Gasteiger partial charge in [0.15, 0.2) is 0 Å². The fraction of sp³-hybridized carbons (Fsp3) is 0.769. The Kier molecular flexibility index (Phi) is 10.0. The zero-order valence-electron chi connectivity index (χ0n) is 9.67. The van der Waals surface area contributed by atoms with Gasteiger partial charge in [0, 0.05) is 5.92 Å². The molecule has 0 aromatic rings. The van der Waals surface area contributed by atoms with Gasteiger partial charge in [0.2, 0.25) is 0 Å². The van der Waals surface area contributed by atoms with Gasteiger partial charge in [-0.25, -0.2) is 0 Å². The molecule has 1 atom stereocenters. The van der Waals surface area contributed by atoms with E-state index >= 15 is 0 Å². The minimum Gasteiger partial charge on any atom is -0.303 e. The molecule has 0 saturated heterocycles. The maximum absolute atomic E-state index is 10.6. The van der Waals surface area contributed by atoms with Gasteiger partial charge in [-0.05, 0) is 25.7 Å². The Bertz CT molecular complexity index is 149. The number of carbonyl (C=O) groups excluding carboxylic acids is 1. The highest BCUT2D eigenvalue weighted by molar-refractivity contribution is 5.53. The minimum atomic E-state index is 0.252. The SMILES string of the molecule is CCCCCC=CCC(C=O)CCC. The zero-order chi connectivity index (χ0) is 10.6. The van der Waals surface area contributed by atoms with Gasteiger partial charge >= 0.3 is 0 Å². The van der Waals surface area contributed by atoms with E-state index in [1.807, 2.05) is 0 Å². The molecule has 0 radical (unpaired) electrons. The maximum atomic E-state index is 10.6. The topological polar surface area (TPSA) is 17.1 Å². The molecule has 1 unspecified atom stereocenters. The molecule has 0 spiro atoms. The van der Waals surface area contributed by atoms with Gasteiger partial charge in [-0.2, -0.15) is 0 Å². The summed E-state index contributed by atoms with van der Waals surface area (Å²) in [6.45, 7) is 4.34. The van der Waals surface area contributed by atoms with Crippen LogP contribution in [0.15, 0.2) is 12.2 Å². The van der Waals surface area contributed by atoms with Crippen molar-refractivity contribution in [1.82, 2.24) is 0 Å². The van der Waals surface area contributed by atoms with Crippen LogP contribution in [0.4, 0.5) is 0 Å². The van der Waals surface area contributed by atoms with Crippen LogP contribution in [-0.4, -0.2) is 6.29 Å². The van der Waals surface area contributed by atoms with E-state index in [0.717, 1.165) is 25.5 Å². The lowest BCUT2D eigenvalue weighted by Crippen LogP contribution is -1.99. The van der Waals surface area contributed by atoms with E-state index in [4.69, 9.17) is 0 Å². The fourth-order valence-electron chi connectivity index (χ4n) is 1.51. The highest BCUT2D eigenvalue weighted by Gasteiger charge is 2.01. The van der Waals surface area contributed by atoms with Crippen molar-refractivity contribution >= 4 is 6.29 Å². The van der Waals surface area contributed by atoms with Gasteiger partial charge in [-0.15, -0.1) is 0 Å². The third-order valence-electron chi connectivity index (χ3n) is 2.43. The largest absolute Gasteiger partial charge is 0.303 e. The molecule has 0 fully saturated rings. The highest BCUT2D eigenvalue weighted by atomic mass is 16.1. The Hall–Kier alpha value is -0.590. The molecule has 1 heteroatoms. The average Bonchev–Trinajstić information content (AvgIpc) is 2.21. The number of carbonyl (C=O) groups is 1. The van der Waals surface area contributed by atoms with Crippen molar-refractivity contribution in [3.63, 3.8) is 0 Å². The van der Waals surface area contributed by atoms with Crippen molar-refractivity contribution in [2.45, 2.75) is 58.8 Å². The molecule has 0 aliphatic heterocycles. The summed E-state index contributed by atoms with van der Waals surface area (Å²) < 4.78 is 0. The summed E-state index contributed by atoms with van der Waals surface area (Å²) in [7, 11) is 0. The molecule has 14 heavy (non-hydrogen) atoms. The van der Waals surface area contributed by atoms with Crippen molar-refractivity contribution in [2.24, 2.45) is 5.92 Å². The first-order valence-electron chi connectivity index (χ1n) is 5.95. The van der Waals surface area contributed by atoms with Crippen molar-refractivity contribution in [3.05, 3.63) is 12.2 Å². The standard InChI is InChI=1S/C13H24O/c1-3-5-6-7-8-9-11-13(12-14)10-4-2/h8-9,12-13H,3-7,10-11H2,1-2H3. The molecule has 0 N–H and O–H groups in total. The third-order valence-corrected chi connectivity index (χ3v) is 2.43.